The number of carbonyl (C=O) groups excluding carboxylic acids is 2. The van der Waals surface area contributed by atoms with Gasteiger partial charge in [0, 0.05) is 12.8 Å². The first-order valence-corrected chi connectivity index (χ1v) is 9.11. The van der Waals surface area contributed by atoms with Crippen LogP contribution < -0.4 is 0 Å². The first-order valence-electron chi connectivity index (χ1n) is 7.22. The maximum absolute atomic E-state index is 12.6. The molecule has 1 aromatic carbocycles. The van der Waals surface area contributed by atoms with Gasteiger partial charge in [0.2, 0.25) is 5.91 Å². The largest absolute Gasteiger partial charge is 0.323 e. The number of rotatable bonds is 4. The number of amides is 2. The third-order valence-corrected chi connectivity index (χ3v) is 5.15. The summed E-state index contributed by atoms with van der Waals surface area (Å²) in [7, 11) is -3.49. The van der Waals surface area contributed by atoms with Crippen molar-refractivity contribution in [1.82, 2.24) is 9.80 Å². The lowest BCUT2D eigenvalue weighted by Crippen LogP contribution is -2.32. The molecular formula is C15H18N2O4S. The monoisotopic (exact) mass is 322 g/mol. The summed E-state index contributed by atoms with van der Waals surface area (Å²) in [6.07, 6.45) is 3.34. The van der Waals surface area contributed by atoms with Crippen molar-refractivity contribution in [3.05, 3.63) is 29.8 Å². The molecule has 2 amide bonds. The molecule has 2 aliphatic rings. The Kier molecular flexibility index (Phi) is 3.68. The molecule has 1 aliphatic carbocycles. The van der Waals surface area contributed by atoms with E-state index in [4.69, 9.17) is 0 Å². The highest BCUT2D eigenvalue weighted by molar-refractivity contribution is 7.90. The second-order valence-corrected chi connectivity index (χ2v) is 7.96. The lowest BCUT2D eigenvalue weighted by Gasteiger charge is -2.19. The van der Waals surface area contributed by atoms with Crippen molar-refractivity contribution in [2.45, 2.75) is 17.7 Å². The lowest BCUT2D eigenvalue weighted by molar-refractivity contribution is -0.126. The molecule has 0 radical (unpaired) electrons. The Morgan fingerprint density at radius 3 is 2.59 bits per heavy atom. The fourth-order valence-electron chi connectivity index (χ4n) is 2.64. The zero-order valence-corrected chi connectivity index (χ0v) is 13.2. The summed E-state index contributed by atoms with van der Waals surface area (Å²) in [5.41, 5.74) is 0.131. The molecule has 1 saturated carbocycles. The maximum Gasteiger partial charge on any atom is 0.257 e. The Balaban J connectivity index is 1.81. The van der Waals surface area contributed by atoms with Gasteiger partial charge in [-0.05, 0) is 30.9 Å². The lowest BCUT2D eigenvalue weighted by atomic mass is 10.2. The van der Waals surface area contributed by atoms with Gasteiger partial charge in [0.05, 0.1) is 17.1 Å². The van der Waals surface area contributed by atoms with Crippen molar-refractivity contribution in [2.75, 3.05) is 26.0 Å². The van der Waals surface area contributed by atoms with Crippen LogP contribution >= 0.6 is 0 Å². The van der Waals surface area contributed by atoms with Gasteiger partial charge in [0.1, 0.15) is 6.54 Å². The van der Waals surface area contributed by atoms with Crippen molar-refractivity contribution in [1.29, 1.82) is 0 Å². The summed E-state index contributed by atoms with van der Waals surface area (Å²) in [6.45, 7) is 0.951. The Morgan fingerprint density at radius 2 is 1.95 bits per heavy atom. The second-order valence-electron chi connectivity index (χ2n) is 5.97. The van der Waals surface area contributed by atoms with Gasteiger partial charge in [-0.15, -0.1) is 0 Å². The normalized spacial score (nSPS) is 18.9. The third-order valence-electron chi connectivity index (χ3n) is 4.00. The van der Waals surface area contributed by atoms with E-state index in [1.54, 1.807) is 17.0 Å². The highest BCUT2D eigenvalue weighted by Gasteiger charge is 2.35. The molecule has 6 nitrogen and oxygen atoms in total. The van der Waals surface area contributed by atoms with Crippen LogP contribution in [0, 0.1) is 5.92 Å². The predicted molar refractivity (Wildman–Crippen MR) is 79.9 cm³/mol. The van der Waals surface area contributed by atoms with Crippen molar-refractivity contribution >= 4 is 21.7 Å². The molecule has 22 heavy (non-hydrogen) atoms. The Morgan fingerprint density at radius 1 is 1.27 bits per heavy atom. The number of hydrogen-bond acceptors (Lipinski definition) is 4. The van der Waals surface area contributed by atoms with Crippen molar-refractivity contribution < 1.29 is 18.0 Å². The fraction of sp³-hybridized carbons (Fsp3) is 0.467. The minimum absolute atomic E-state index is 0.00749. The summed E-state index contributed by atoms with van der Waals surface area (Å²) in [6, 6.07) is 6.12. The van der Waals surface area contributed by atoms with Gasteiger partial charge in [-0.1, -0.05) is 12.1 Å². The van der Waals surface area contributed by atoms with E-state index in [9.17, 15) is 18.0 Å². The molecule has 3 rings (SSSR count). The highest BCUT2D eigenvalue weighted by atomic mass is 32.2. The standard InChI is InChI=1S/C15H18N2O4S/c1-22(20,21)13-5-3-2-4-12(13)15(19)17-9-14(18)16(10-17)8-11-6-7-11/h2-5,11H,6-10H2,1H3. The quantitative estimate of drug-likeness (QED) is 0.819. The number of nitrogens with zero attached hydrogens (tertiary/aromatic N) is 2. The van der Waals surface area contributed by atoms with Crippen LogP contribution in [-0.4, -0.2) is 56.0 Å². The summed E-state index contributed by atoms with van der Waals surface area (Å²) < 4.78 is 23.6. The fourth-order valence-corrected chi connectivity index (χ4v) is 3.52. The average molecular weight is 322 g/mol. The van der Waals surface area contributed by atoms with Crippen molar-refractivity contribution in [3.8, 4) is 0 Å². The SMILES string of the molecule is CS(=O)(=O)c1ccccc1C(=O)N1CC(=O)N(CC2CC2)C1. The molecule has 2 fully saturated rings. The molecular weight excluding hydrogens is 304 g/mol. The van der Waals surface area contributed by atoms with E-state index in [2.05, 4.69) is 0 Å². The minimum atomic E-state index is -3.49. The van der Waals surface area contributed by atoms with E-state index in [1.807, 2.05) is 0 Å². The molecule has 0 unspecified atom stereocenters. The summed E-state index contributed by atoms with van der Waals surface area (Å²) >= 11 is 0. The van der Waals surface area contributed by atoms with Gasteiger partial charge in [0.15, 0.2) is 9.84 Å². The Hall–Kier alpha value is -1.89. The highest BCUT2D eigenvalue weighted by Crippen LogP contribution is 2.30. The van der Waals surface area contributed by atoms with Gasteiger partial charge >= 0.3 is 0 Å². The Labute approximate surface area is 129 Å². The van der Waals surface area contributed by atoms with Crippen LogP contribution in [0.1, 0.15) is 23.2 Å². The summed E-state index contributed by atoms with van der Waals surface area (Å²) in [4.78, 5) is 27.7. The van der Waals surface area contributed by atoms with Crippen LogP contribution in [0.2, 0.25) is 0 Å². The molecule has 1 aliphatic heterocycles. The molecule has 0 atom stereocenters. The zero-order valence-electron chi connectivity index (χ0n) is 12.4. The molecule has 0 bridgehead atoms. The van der Waals surface area contributed by atoms with E-state index in [0.29, 0.717) is 12.5 Å². The van der Waals surface area contributed by atoms with Crippen LogP contribution in [0.4, 0.5) is 0 Å². The van der Waals surface area contributed by atoms with E-state index < -0.39 is 15.7 Å². The molecule has 1 heterocycles. The van der Waals surface area contributed by atoms with Gasteiger partial charge in [-0.3, -0.25) is 9.59 Å². The zero-order chi connectivity index (χ0) is 15.9. The molecule has 118 valence electrons. The van der Waals surface area contributed by atoms with Crippen LogP contribution in [-0.2, 0) is 14.6 Å². The van der Waals surface area contributed by atoms with Gasteiger partial charge in [0.25, 0.3) is 5.91 Å². The van der Waals surface area contributed by atoms with Crippen LogP contribution in [0.15, 0.2) is 29.2 Å². The predicted octanol–water partition coefficient (Wildman–Crippen LogP) is 0.742. The van der Waals surface area contributed by atoms with Crippen molar-refractivity contribution in [2.24, 2.45) is 5.92 Å². The van der Waals surface area contributed by atoms with E-state index in [0.717, 1.165) is 19.1 Å². The maximum atomic E-state index is 12.6. The molecule has 0 spiro atoms. The average Bonchev–Trinajstić information content (AvgIpc) is 3.20. The van der Waals surface area contributed by atoms with Crippen molar-refractivity contribution in [3.63, 3.8) is 0 Å². The number of benzene rings is 1. The van der Waals surface area contributed by atoms with Crippen LogP contribution in [0.25, 0.3) is 0 Å². The first kappa shape index (κ1) is 15.0. The van der Waals surface area contributed by atoms with Crippen LogP contribution in [0.3, 0.4) is 0 Å². The molecule has 1 aromatic rings. The summed E-state index contributed by atoms with van der Waals surface area (Å²) in [5.74, 6) is 0.0760. The molecule has 0 aromatic heterocycles. The third kappa shape index (κ3) is 2.99. The second kappa shape index (κ2) is 5.39. The number of carbonyl (C=O) groups is 2. The molecule has 7 heteroatoms. The van der Waals surface area contributed by atoms with E-state index >= 15 is 0 Å². The topological polar surface area (TPSA) is 74.8 Å². The van der Waals surface area contributed by atoms with E-state index in [1.165, 1.54) is 17.0 Å². The van der Waals surface area contributed by atoms with E-state index in [-0.39, 0.29) is 29.6 Å². The van der Waals surface area contributed by atoms with Gasteiger partial charge < -0.3 is 9.80 Å². The molecule has 0 N–H and O–H groups in total. The van der Waals surface area contributed by atoms with Crippen LogP contribution in [0.5, 0.6) is 0 Å². The van der Waals surface area contributed by atoms with Gasteiger partial charge in [-0.2, -0.15) is 0 Å². The number of sulfone groups is 1. The summed E-state index contributed by atoms with van der Waals surface area (Å²) in [5, 5.41) is 0. The number of hydrogen-bond donors (Lipinski definition) is 0. The molecule has 1 saturated heterocycles. The Bertz CT molecular complexity index is 725. The minimum Gasteiger partial charge on any atom is -0.323 e. The van der Waals surface area contributed by atoms with Gasteiger partial charge in [-0.25, -0.2) is 8.42 Å². The first-order chi connectivity index (χ1) is 10.4. The smallest absolute Gasteiger partial charge is 0.257 e.